The van der Waals surface area contributed by atoms with E-state index >= 15 is 0 Å². The van der Waals surface area contributed by atoms with Crippen molar-refractivity contribution in [1.82, 2.24) is 20.6 Å². The Bertz CT molecular complexity index is 1630. The molecule has 12 heteroatoms. The normalized spacial score (nSPS) is 29.0. The van der Waals surface area contributed by atoms with Crippen LogP contribution in [0.25, 0.3) is 11.1 Å². The Labute approximate surface area is 321 Å². The first-order valence-electron chi connectivity index (χ1n) is 19.9. The number of aliphatic hydroxyl groups is 3. The second-order valence-corrected chi connectivity index (χ2v) is 17.1. The van der Waals surface area contributed by atoms with E-state index in [1.165, 1.54) is 6.42 Å². The Kier molecular flexibility index (Phi) is 12.6. The zero-order valence-corrected chi connectivity index (χ0v) is 33.3. The molecule has 7 rings (SSSR count). The monoisotopic (exact) mass is 749 g/mol. The van der Waals surface area contributed by atoms with Crippen LogP contribution in [-0.4, -0.2) is 121 Å². The van der Waals surface area contributed by atoms with Crippen molar-refractivity contribution in [1.29, 1.82) is 0 Å². The summed E-state index contributed by atoms with van der Waals surface area (Å²) >= 11 is 0. The smallest absolute Gasteiger partial charge is 0.251 e. The molecule has 0 unspecified atom stereocenters. The number of fused-ring (bicyclic) bond motifs is 2. The van der Waals surface area contributed by atoms with Gasteiger partial charge in [-0.15, -0.1) is 0 Å². The number of hydroxylamine groups is 2. The second kappa shape index (κ2) is 16.9. The van der Waals surface area contributed by atoms with Gasteiger partial charge in [-0.05, 0) is 99.0 Å². The van der Waals surface area contributed by atoms with E-state index in [1.54, 1.807) is 19.1 Å². The molecular weight excluding hydrogens is 686 g/mol. The number of nitrogens with zero attached hydrogens (tertiary/aromatic N) is 3. The molecule has 2 aromatic carbocycles. The molecule has 2 amide bonds. The molecule has 0 radical (unpaired) electrons. The van der Waals surface area contributed by atoms with Gasteiger partial charge in [-0.25, -0.2) is 0 Å². The highest BCUT2D eigenvalue weighted by Gasteiger charge is 2.57. The number of rotatable bonds is 15. The number of carbonyl (C=O) groups excluding carboxylic acids is 2. The van der Waals surface area contributed by atoms with E-state index in [0.717, 1.165) is 54.7 Å². The average Bonchev–Trinajstić information content (AvgIpc) is 3.79. The van der Waals surface area contributed by atoms with Crippen LogP contribution in [0.1, 0.15) is 75.7 Å². The summed E-state index contributed by atoms with van der Waals surface area (Å²) in [6.45, 7) is 11.1. The van der Waals surface area contributed by atoms with Gasteiger partial charge < -0.3 is 40.5 Å². The molecule has 5 N–H and O–H groups in total. The highest BCUT2D eigenvalue weighted by molar-refractivity contribution is 5.97. The van der Waals surface area contributed by atoms with Crippen LogP contribution in [0.15, 0.2) is 36.4 Å². The van der Waals surface area contributed by atoms with E-state index < -0.39 is 24.2 Å². The number of aliphatic hydroxyl groups excluding tert-OH is 3. The number of para-hydroxylation sites is 1. The van der Waals surface area contributed by atoms with Crippen LogP contribution in [0.2, 0.25) is 0 Å². The number of anilines is 1. The summed E-state index contributed by atoms with van der Waals surface area (Å²) in [7, 11) is 5.46. The van der Waals surface area contributed by atoms with Crippen molar-refractivity contribution < 1.29 is 34.5 Å². The number of ether oxygens (including phenoxy) is 1. The molecule has 5 aliphatic rings. The zero-order chi connectivity index (χ0) is 38.9. The molecule has 0 aromatic heterocycles. The number of amides is 2. The molecule has 54 heavy (non-hydrogen) atoms. The van der Waals surface area contributed by atoms with E-state index in [1.807, 2.05) is 55.4 Å². The molecular formula is C42H63N5O7. The first-order chi connectivity index (χ1) is 25.8. The molecule has 2 aliphatic heterocycles. The fraction of sp³-hybridized carbons (Fsp3) is 0.667. The molecule has 0 spiro atoms. The fourth-order valence-electron chi connectivity index (χ4n) is 9.90. The van der Waals surface area contributed by atoms with Crippen molar-refractivity contribution in [3.63, 3.8) is 0 Å². The van der Waals surface area contributed by atoms with Gasteiger partial charge in [-0.2, -0.15) is 5.06 Å². The van der Waals surface area contributed by atoms with Crippen LogP contribution in [0.5, 0.6) is 5.75 Å². The Morgan fingerprint density at radius 1 is 1.11 bits per heavy atom. The first-order valence-corrected chi connectivity index (χ1v) is 19.9. The molecule has 2 bridgehead atoms. The quantitative estimate of drug-likeness (QED) is 0.183. The van der Waals surface area contributed by atoms with Crippen molar-refractivity contribution in [2.45, 2.75) is 96.7 Å². The van der Waals surface area contributed by atoms with E-state index in [9.17, 15) is 24.9 Å². The summed E-state index contributed by atoms with van der Waals surface area (Å²) < 4.78 is 6.08. The number of hydrogen-bond donors (Lipinski definition) is 5. The van der Waals surface area contributed by atoms with Crippen molar-refractivity contribution in [3.05, 3.63) is 47.5 Å². The Hall–Kier alpha value is -3.26. The summed E-state index contributed by atoms with van der Waals surface area (Å²) in [5.41, 5.74) is 3.91. The fourth-order valence-corrected chi connectivity index (χ4v) is 9.90. The average molecular weight is 750 g/mol. The molecule has 5 fully saturated rings. The molecule has 12 nitrogen and oxygen atoms in total. The van der Waals surface area contributed by atoms with Gasteiger partial charge in [0.2, 0.25) is 5.91 Å². The lowest BCUT2D eigenvalue weighted by atomic mass is 9.45. The maximum absolute atomic E-state index is 14.3. The third-order valence-electron chi connectivity index (χ3n) is 13.2. The number of benzene rings is 2. The minimum absolute atomic E-state index is 0.00892. The summed E-state index contributed by atoms with van der Waals surface area (Å²) in [4.78, 5) is 38.6. The lowest BCUT2D eigenvalue weighted by Gasteiger charge is -2.62. The van der Waals surface area contributed by atoms with E-state index in [-0.39, 0.29) is 49.1 Å². The van der Waals surface area contributed by atoms with Crippen molar-refractivity contribution in [3.8, 4) is 16.9 Å². The van der Waals surface area contributed by atoms with Gasteiger partial charge >= 0.3 is 0 Å². The van der Waals surface area contributed by atoms with E-state index in [0.29, 0.717) is 42.0 Å². The van der Waals surface area contributed by atoms with Crippen molar-refractivity contribution in [2.75, 3.05) is 59.0 Å². The predicted molar refractivity (Wildman–Crippen MR) is 209 cm³/mol. The largest absolute Gasteiger partial charge is 0.496 e. The topological polar surface area (TPSA) is 147 Å². The van der Waals surface area contributed by atoms with Crippen LogP contribution >= 0.6 is 0 Å². The number of carbonyl (C=O) groups is 2. The van der Waals surface area contributed by atoms with Gasteiger partial charge in [-0.3, -0.25) is 14.4 Å². The highest BCUT2D eigenvalue weighted by Crippen LogP contribution is 2.61. The maximum atomic E-state index is 14.3. The molecule has 2 heterocycles. The third-order valence-corrected chi connectivity index (χ3v) is 13.2. The van der Waals surface area contributed by atoms with Gasteiger partial charge in [0, 0.05) is 67.6 Å². The molecule has 298 valence electrons. The Balaban J connectivity index is 1.27. The number of methoxy groups -OCH3 is 1. The summed E-state index contributed by atoms with van der Waals surface area (Å²) in [5, 5.41) is 39.2. The molecule has 2 aromatic rings. The third kappa shape index (κ3) is 8.15. The van der Waals surface area contributed by atoms with E-state index in [2.05, 4.69) is 36.3 Å². The van der Waals surface area contributed by atoms with E-state index in [4.69, 9.17) is 9.57 Å². The highest BCUT2D eigenvalue weighted by atomic mass is 16.7. The van der Waals surface area contributed by atoms with Crippen LogP contribution in [0.3, 0.4) is 0 Å². The van der Waals surface area contributed by atoms with Crippen LogP contribution in [-0.2, 0) is 16.2 Å². The maximum Gasteiger partial charge on any atom is 0.251 e. The lowest BCUT2D eigenvalue weighted by molar-refractivity contribution is -0.183. The second-order valence-electron chi connectivity index (χ2n) is 17.1. The summed E-state index contributed by atoms with van der Waals surface area (Å²) in [5.74, 6) is 0.957. The SMILES string of the molecule is COc1c(CN2O[C@@H](CO)[C@H]([C@H](C)O)[C@H]2C(=O)N[C@H]2C[C@H]3C[C@@H]([C@@H]2C)C3(C)C)cccc1-c1cc(C(=O)N[C@@H](CCO)CN2CCCC2)cc(N(C)C)c1. The molecule has 2 saturated heterocycles. The number of hydrogen-bond acceptors (Lipinski definition) is 10. The molecule has 3 aliphatic carbocycles. The minimum Gasteiger partial charge on any atom is -0.496 e. The van der Waals surface area contributed by atoms with Gasteiger partial charge in [0.1, 0.15) is 17.9 Å². The molecule has 3 saturated carbocycles. The summed E-state index contributed by atoms with van der Waals surface area (Å²) in [6, 6.07) is 10.5. The van der Waals surface area contributed by atoms with Gasteiger partial charge in [0.15, 0.2) is 0 Å². The van der Waals surface area contributed by atoms with Crippen LogP contribution in [0, 0.1) is 29.1 Å². The summed E-state index contributed by atoms with van der Waals surface area (Å²) in [6.07, 6.45) is 3.23. The zero-order valence-electron chi connectivity index (χ0n) is 33.3. The van der Waals surface area contributed by atoms with Gasteiger partial charge in [0.05, 0.1) is 26.4 Å². The van der Waals surface area contributed by atoms with Crippen molar-refractivity contribution >= 4 is 17.5 Å². The minimum atomic E-state index is -0.905. The Morgan fingerprint density at radius 2 is 1.85 bits per heavy atom. The van der Waals surface area contributed by atoms with Crippen molar-refractivity contribution in [2.24, 2.45) is 29.1 Å². The number of likely N-dealkylation sites (tertiary alicyclic amines) is 1. The Morgan fingerprint density at radius 3 is 2.46 bits per heavy atom. The van der Waals surface area contributed by atoms with Gasteiger partial charge in [0.25, 0.3) is 5.91 Å². The first kappa shape index (κ1) is 40.4. The molecule has 9 atom stereocenters. The van der Waals surface area contributed by atoms with Gasteiger partial charge in [-0.1, -0.05) is 39.0 Å². The van der Waals surface area contributed by atoms with Crippen LogP contribution in [0.4, 0.5) is 5.69 Å². The standard InChI is InChI=1S/C42H63N5O7/c1-25-34-20-30(42(34,3)4)21-35(25)44-41(52)38-37(26(2)50)36(24-49)54-47(38)22-27-11-10-12-33(39(27)53-7)28-17-29(19-32(18-28)45(5)6)40(51)43-31(13-16-48)23-46-14-8-9-15-46/h10-12,17-19,25-26,30-31,34-38,48-50H,8-9,13-16,20-24H2,1-7H3,(H,43,51)(H,44,52)/t25-,26-,30+,31-,34-,35-,36-,37-,38-/m0/s1. The number of nitrogens with one attached hydrogen (secondary N) is 2. The lowest BCUT2D eigenvalue weighted by Crippen LogP contribution is -2.62. The predicted octanol–water partition coefficient (Wildman–Crippen LogP) is 3.67. The van der Waals surface area contributed by atoms with Crippen LogP contribution < -0.4 is 20.3 Å².